The first-order valence-electron chi connectivity index (χ1n) is 9.58. The Labute approximate surface area is 153 Å². The Morgan fingerprint density at radius 3 is 2.08 bits per heavy atom. The average molecular weight is 328 g/mol. The number of hydrogen-bond donors (Lipinski definition) is 0. The lowest BCUT2D eigenvalue weighted by molar-refractivity contribution is 0.312. The van der Waals surface area contributed by atoms with Crippen LogP contribution in [-0.2, 0) is 0 Å². The maximum atomic E-state index is 5.43. The molecule has 0 nitrogen and oxygen atoms in total. The van der Waals surface area contributed by atoms with Crippen molar-refractivity contribution in [2.24, 2.45) is 5.92 Å². The summed E-state index contributed by atoms with van der Waals surface area (Å²) in [4.78, 5) is 0. The Kier molecular flexibility index (Phi) is 6.13. The molecule has 128 valence electrons. The summed E-state index contributed by atoms with van der Waals surface area (Å²) in [5, 5.41) is 0. The Bertz CT molecular complexity index is 717. The van der Waals surface area contributed by atoms with Crippen molar-refractivity contribution in [2.75, 3.05) is 0 Å². The first-order chi connectivity index (χ1) is 12.3. The second-order valence-electron chi connectivity index (χ2n) is 7.21. The summed E-state index contributed by atoms with van der Waals surface area (Å²) in [6.45, 7) is 2.12. The predicted molar refractivity (Wildman–Crippen MR) is 109 cm³/mol. The molecule has 2 aromatic rings. The van der Waals surface area contributed by atoms with Crippen LogP contribution in [0.4, 0.5) is 0 Å². The van der Waals surface area contributed by atoms with E-state index in [2.05, 4.69) is 61.4 Å². The highest BCUT2D eigenvalue weighted by molar-refractivity contribution is 5.64. The zero-order chi connectivity index (χ0) is 17.5. The molecule has 25 heavy (non-hydrogen) atoms. The molecule has 0 heterocycles. The number of benzene rings is 2. The van der Waals surface area contributed by atoms with Gasteiger partial charge >= 0.3 is 0 Å². The molecule has 0 aliphatic heterocycles. The molecule has 1 aliphatic rings. The van der Waals surface area contributed by atoms with Gasteiger partial charge in [-0.2, -0.15) is 0 Å². The number of allylic oxidation sites excluding steroid dienone is 2. The monoisotopic (exact) mass is 328 g/mol. The molecule has 0 bridgehead atoms. The van der Waals surface area contributed by atoms with Gasteiger partial charge in [0.05, 0.1) is 0 Å². The standard InChI is InChI=1S/C25H28/c1-3-5-6-7-21-10-14-23(15-11-21)25-18-16-24(17-19-25)22-12-8-20(4-2)9-13-22/h2-3,5,8-9,12-13,16-19,21,23H,6-7,10-11,14-15H2,1H3/b5-3+. The van der Waals surface area contributed by atoms with Crippen molar-refractivity contribution in [1.29, 1.82) is 0 Å². The molecule has 0 aromatic heterocycles. The molecule has 1 aliphatic carbocycles. The second-order valence-corrected chi connectivity index (χ2v) is 7.21. The van der Waals surface area contributed by atoms with E-state index in [4.69, 9.17) is 6.42 Å². The molecule has 0 unspecified atom stereocenters. The van der Waals surface area contributed by atoms with E-state index < -0.39 is 0 Å². The van der Waals surface area contributed by atoms with Crippen LogP contribution in [-0.4, -0.2) is 0 Å². The van der Waals surface area contributed by atoms with Gasteiger partial charge in [0.25, 0.3) is 0 Å². The highest BCUT2D eigenvalue weighted by Gasteiger charge is 2.21. The Hall–Kier alpha value is -2.26. The molecule has 0 saturated heterocycles. The van der Waals surface area contributed by atoms with Gasteiger partial charge in [0.15, 0.2) is 0 Å². The Morgan fingerprint density at radius 2 is 1.52 bits per heavy atom. The van der Waals surface area contributed by atoms with E-state index in [1.807, 2.05) is 12.1 Å². The largest absolute Gasteiger partial charge is 0.115 e. The lowest BCUT2D eigenvalue weighted by Gasteiger charge is -2.28. The maximum absolute atomic E-state index is 5.43. The number of rotatable bonds is 5. The van der Waals surface area contributed by atoms with Crippen LogP contribution < -0.4 is 0 Å². The summed E-state index contributed by atoms with van der Waals surface area (Å²) in [6.07, 6.45) is 18.0. The van der Waals surface area contributed by atoms with Crippen LogP contribution in [0.1, 0.15) is 62.5 Å². The molecular weight excluding hydrogens is 300 g/mol. The third-order valence-corrected chi connectivity index (χ3v) is 5.59. The van der Waals surface area contributed by atoms with E-state index in [9.17, 15) is 0 Å². The minimum atomic E-state index is 0.746. The molecule has 1 fully saturated rings. The highest BCUT2D eigenvalue weighted by Crippen LogP contribution is 2.38. The van der Waals surface area contributed by atoms with E-state index in [-0.39, 0.29) is 0 Å². The molecule has 2 aromatic carbocycles. The first kappa shape index (κ1) is 17.6. The average Bonchev–Trinajstić information content (AvgIpc) is 2.69. The van der Waals surface area contributed by atoms with Crippen LogP contribution >= 0.6 is 0 Å². The Morgan fingerprint density at radius 1 is 0.920 bits per heavy atom. The van der Waals surface area contributed by atoms with Crippen LogP contribution in [0.5, 0.6) is 0 Å². The van der Waals surface area contributed by atoms with Crippen molar-refractivity contribution in [1.82, 2.24) is 0 Å². The van der Waals surface area contributed by atoms with Crippen LogP contribution in [0.2, 0.25) is 0 Å². The summed E-state index contributed by atoms with van der Waals surface area (Å²) in [5.41, 5.74) is 4.95. The third-order valence-electron chi connectivity index (χ3n) is 5.59. The van der Waals surface area contributed by atoms with E-state index in [1.54, 1.807) is 0 Å². The van der Waals surface area contributed by atoms with E-state index >= 15 is 0 Å². The number of terminal acetylenes is 1. The van der Waals surface area contributed by atoms with Crippen molar-refractivity contribution in [3.05, 3.63) is 71.8 Å². The van der Waals surface area contributed by atoms with Crippen molar-refractivity contribution in [2.45, 2.75) is 51.4 Å². The summed E-state index contributed by atoms with van der Waals surface area (Å²) >= 11 is 0. The van der Waals surface area contributed by atoms with Crippen LogP contribution in [0.25, 0.3) is 11.1 Å². The van der Waals surface area contributed by atoms with Gasteiger partial charge in [-0.25, -0.2) is 0 Å². The van der Waals surface area contributed by atoms with Crippen molar-refractivity contribution >= 4 is 0 Å². The number of hydrogen-bond acceptors (Lipinski definition) is 0. The zero-order valence-electron chi connectivity index (χ0n) is 15.2. The van der Waals surface area contributed by atoms with Crippen molar-refractivity contribution < 1.29 is 0 Å². The summed E-state index contributed by atoms with van der Waals surface area (Å²) < 4.78 is 0. The normalized spacial score (nSPS) is 20.5. The van der Waals surface area contributed by atoms with Crippen molar-refractivity contribution in [3.8, 4) is 23.5 Å². The summed E-state index contributed by atoms with van der Waals surface area (Å²) in [6, 6.07) is 17.4. The quantitative estimate of drug-likeness (QED) is 0.411. The van der Waals surface area contributed by atoms with Crippen molar-refractivity contribution in [3.63, 3.8) is 0 Å². The van der Waals surface area contributed by atoms with Crippen LogP contribution in [0, 0.1) is 18.3 Å². The first-order valence-corrected chi connectivity index (χ1v) is 9.58. The molecule has 1 saturated carbocycles. The molecule has 0 amide bonds. The van der Waals surface area contributed by atoms with Gasteiger partial charge in [-0.3, -0.25) is 0 Å². The topological polar surface area (TPSA) is 0 Å². The van der Waals surface area contributed by atoms with Gasteiger partial charge in [0.2, 0.25) is 0 Å². The van der Waals surface area contributed by atoms with Crippen LogP contribution in [0.3, 0.4) is 0 Å². The highest BCUT2D eigenvalue weighted by atomic mass is 14.3. The maximum Gasteiger partial charge on any atom is 0.0243 e. The summed E-state index contributed by atoms with van der Waals surface area (Å²) in [5.74, 6) is 4.35. The third kappa shape index (κ3) is 4.64. The van der Waals surface area contributed by atoms with Crippen LogP contribution in [0.15, 0.2) is 60.7 Å². The van der Waals surface area contributed by atoms with E-state index in [0.29, 0.717) is 0 Å². The van der Waals surface area contributed by atoms with Gasteiger partial charge in [0, 0.05) is 5.56 Å². The molecule has 0 radical (unpaired) electrons. The zero-order valence-corrected chi connectivity index (χ0v) is 15.2. The minimum absolute atomic E-state index is 0.746. The van der Waals surface area contributed by atoms with E-state index in [1.165, 1.54) is 55.2 Å². The van der Waals surface area contributed by atoms with Gasteiger partial charge in [-0.05, 0) is 86.1 Å². The van der Waals surface area contributed by atoms with Gasteiger partial charge in [0.1, 0.15) is 0 Å². The molecule has 0 heteroatoms. The fourth-order valence-electron chi connectivity index (χ4n) is 3.99. The van der Waals surface area contributed by atoms with Gasteiger partial charge in [-0.1, -0.05) is 54.5 Å². The summed E-state index contributed by atoms with van der Waals surface area (Å²) in [7, 11) is 0. The SMILES string of the molecule is C#Cc1ccc(-c2ccc(C3CCC(CC/C=C/C)CC3)cc2)cc1. The molecule has 3 rings (SSSR count). The fourth-order valence-corrected chi connectivity index (χ4v) is 3.99. The molecule has 0 N–H and O–H groups in total. The predicted octanol–water partition coefficient (Wildman–Crippen LogP) is 6.97. The lowest BCUT2D eigenvalue weighted by Crippen LogP contribution is -2.13. The Balaban J connectivity index is 1.58. The smallest absolute Gasteiger partial charge is 0.0243 e. The second kappa shape index (κ2) is 8.72. The lowest BCUT2D eigenvalue weighted by atomic mass is 9.77. The molecular formula is C25H28. The minimum Gasteiger partial charge on any atom is -0.115 e. The molecule has 0 spiro atoms. The van der Waals surface area contributed by atoms with Gasteiger partial charge < -0.3 is 0 Å². The molecule has 0 atom stereocenters. The van der Waals surface area contributed by atoms with Gasteiger partial charge in [-0.15, -0.1) is 6.42 Å². The van der Waals surface area contributed by atoms with E-state index in [0.717, 1.165) is 17.4 Å². The fraction of sp³-hybridized carbons (Fsp3) is 0.360.